The number of nitrogens with zero attached hydrogens (tertiary/aromatic N) is 3. The third kappa shape index (κ3) is 2.87. The van der Waals surface area contributed by atoms with Gasteiger partial charge in [-0.05, 0) is 31.0 Å². The highest BCUT2D eigenvalue weighted by molar-refractivity contribution is 5.94. The van der Waals surface area contributed by atoms with E-state index < -0.39 is 17.9 Å². The highest BCUT2D eigenvalue weighted by atomic mass is 16.5. The van der Waals surface area contributed by atoms with Crippen LogP contribution in [-0.2, 0) is 4.79 Å². The molecule has 2 heterocycles. The normalized spacial score (nSPS) is 17.3. The lowest BCUT2D eigenvalue weighted by Gasteiger charge is -2.19. The summed E-state index contributed by atoms with van der Waals surface area (Å²) in [5.41, 5.74) is 0.618. The van der Waals surface area contributed by atoms with Crippen LogP contribution >= 0.6 is 0 Å². The van der Waals surface area contributed by atoms with Crippen molar-refractivity contribution in [1.29, 1.82) is 0 Å². The first-order valence-electron chi connectivity index (χ1n) is 7.12. The number of carboxylic acids is 1. The van der Waals surface area contributed by atoms with Gasteiger partial charge in [0.2, 0.25) is 0 Å². The molecule has 0 aliphatic carbocycles. The number of likely N-dealkylation sites (tertiary alicyclic amines) is 1. The van der Waals surface area contributed by atoms with Crippen molar-refractivity contribution in [3.8, 4) is 17.2 Å². The van der Waals surface area contributed by atoms with Crippen molar-refractivity contribution in [2.24, 2.45) is 0 Å². The minimum Gasteiger partial charge on any atom is -0.497 e. The Bertz CT molecular complexity index is 742. The second kappa shape index (κ2) is 6.07. The molecule has 0 radical (unpaired) electrons. The van der Waals surface area contributed by atoms with Gasteiger partial charge in [-0.2, -0.15) is 4.98 Å². The molecule has 1 N–H and O–H groups in total. The van der Waals surface area contributed by atoms with Crippen LogP contribution in [0.3, 0.4) is 0 Å². The van der Waals surface area contributed by atoms with Crippen molar-refractivity contribution in [2.45, 2.75) is 18.9 Å². The Morgan fingerprint density at radius 3 is 3.00 bits per heavy atom. The molecule has 8 nitrogen and oxygen atoms in total. The van der Waals surface area contributed by atoms with Crippen LogP contribution < -0.4 is 4.74 Å². The second-order valence-corrected chi connectivity index (χ2v) is 5.15. The van der Waals surface area contributed by atoms with Gasteiger partial charge in [-0.25, -0.2) is 4.79 Å². The lowest BCUT2D eigenvalue weighted by atomic mass is 10.2. The quantitative estimate of drug-likeness (QED) is 0.909. The number of amides is 1. The van der Waals surface area contributed by atoms with Gasteiger partial charge in [-0.3, -0.25) is 4.79 Å². The number of rotatable bonds is 4. The van der Waals surface area contributed by atoms with Gasteiger partial charge in [-0.1, -0.05) is 11.2 Å². The Labute approximate surface area is 131 Å². The minimum atomic E-state index is -1.02. The van der Waals surface area contributed by atoms with Crippen LogP contribution in [0.25, 0.3) is 11.5 Å². The first-order valence-corrected chi connectivity index (χ1v) is 7.12. The Morgan fingerprint density at radius 2 is 2.26 bits per heavy atom. The average Bonchev–Trinajstić information content (AvgIpc) is 3.23. The molecule has 1 aliphatic heterocycles. The van der Waals surface area contributed by atoms with E-state index in [0.717, 1.165) is 0 Å². The summed E-state index contributed by atoms with van der Waals surface area (Å²) >= 11 is 0. The van der Waals surface area contributed by atoms with E-state index in [1.165, 1.54) is 4.90 Å². The number of ether oxygens (including phenoxy) is 1. The summed E-state index contributed by atoms with van der Waals surface area (Å²) < 4.78 is 10.2. The number of hydrogen-bond acceptors (Lipinski definition) is 6. The number of hydrogen-bond donors (Lipinski definition) is 1. The molecule has 1 amide bonds. The van der Waals surface area contributed by atoms with E-state index in [1.807, 2.05) is 0 Å². The van der Waals surface area contributed by atoms with Crippen LogP contribution in [0.1, 0.15) is 23.5 Å². The maximum Gasteiger partial charge on any atom is 0.326 e. The molecule has 1 aromatic heterocycles. The minimum absolute atomic E-state index is 0.143. The van der Waals surface area contributed by atoms with Gasteiger partial charge in [-0.15, -0.1) is 0 Å². The van der Waals surface area contributed by atoms with Gasteiger partial charge in [0.15, 0.2) is 0 Å². The Morgan fingerprint density at radius 1 is 1.43 bits per heavy atom. The van der Waals surface area contributed by atoms with Gasteiger partial charge in [0.1, 0.15) is 11.8 Å². The molecule has 0 spiro atoms. The number of aliphatic carboxylic acids is 1. The summed E-state index contributed by atoms with van der Waals surface area (Å²) in [4.78, 5) is 28.9. The number of carbonyl (C=O) groups is 2. The van der Waals surface area contributed by atoms with Gasteiger partial charge in [0.05, 0.1) is 7.11 Å². The molecule has 0 saturated carbocycles. The molecule has 2 aromatic rings. The lowest BCUT2D eigenvalue weighted by molar-refractivity contribution is -0.141. The van der Waals surface area contributed by atoms with Crippen LogP contribution in [0, 0.1) is 0 Å². The first kappa shape index (κ1) is 15.0. The van der Waals surface area contributed by atoms with E-state index in [9.17, 15) is 9.59 Å². The average molecular weight is 317 g/mol. The monoisotopic (exact) mass is 317 g/mol. The molecule has 1 aliphatic rings. The molecule has 1 fully saturated rings. The highest BCUT2D eigenvalue weighted by Crippen LogP contribution is 2.24. The van der Waals surface area contributed by atoms with E-state index >= 15 is 0 Å². The molecular formula is C15H15N3O5. The number of methoxy groups -OCH3 is 1. The van der Waals surface area contributed by atoms with Gasteiger partial charge < -0.3 is 19.3 Å². The first-order chi connectivity index (χ1) is 11.1. The van der Waals surface area contributed by atoms with E-state index in [1.54, 1.807) is 31.4 Å². The molecule has 1 atom stereocenters. The van der Waals surface area contributed by atoms with E-state index in [2.05, 4.69) is 10.1 Å². The summed E-state index contributed by atoms with van der Waals surface area (Å²) in [6, 6.07) is 6.16. The smallest absolute Gasteiger partial charge is 0.326 e. The Kier molecular flexibility index (Phi) is 3.96. The van der Waals surface area contributed by atoms with Crippen molar-refractivity contribution in [1.82, 2.24) is 15.0 Å². The van der Waals surface area contributed by atoms with Gasteiger partial charge in [0.25, 0.3) is 17.6 Å². The summed E-state index contributed by atoms with van der Waals surface area (Å²) in [5, 5.41) is 12.8. The van der Waals surface area contributed by atoms with E-state index in [-0.39, 0.29) is 11.7 Å². The van der Waals surface area contributed by atoms with Crippen molar-refractivity contribution in [2.75, 3.05) is 13.7 Å². The summed E-state index contributed by atoms with van der Waals surface area (Å²) in [5.74, 6) is -0.895. The maximum absolute atomic E-state index is 12.4. The highest BCUT2D eigenvalue weighted by Gasteiger charge is 2.36. The predicted molar refractivity (Wildman–Crippen MR) is 78.0 cm³/mol. The summed E-state index contributed by atoms with van der Waals surface area (Å²) in [6.45, 7) is 0.374. The number of benzene rings is 1. The largest absolute Gasteiger partial charge is 0.497 e. The molecule has 23 heavy (non-hydrogen) atoms. The lowest BCUT2D eigenvalue weighted by Crippen LogP contribution is -2.40. The molecule has 1 saturated heterocycles. The fourth-order valence-electron chi connectivity index (χ4n) is 2.58. The zero-order valence-corrected chi connectivity index (χ0v) is 12.4. The molecule has 1 aromatic carbocycles. The summed E-state index contributed by atoms with van der Waals surface area (Å²) in [7, 11) is 1.54. The van der Waals surface area contributed by atoms with E-state index in [0.29, 0.717) is 30.7 Å². The van der Waals surface area contributed by atoms with Crippen molar-refractivity contribution in [3.05, 3.63) is 30.1 Å². The fourth-order valence-corrected chi connectivity index (χ4v) is 2.58. The molecule has 1 unspecified atom stereocenters. The molecule has 3 rings (SSSR count). The number of carboxylic acid groups (broad SMARTS) is 1. The Hall–Kier alpha value is -2.90. The van der Waals surface area contributed by atoms with Crippen LogP contribution in [0.2, 0.25) is 0 Å². The zero-order chi connectivity index (χ0) is 16.4. The summed E-state index contributed by atoms with van der Waals surface area (Å²) in [6.07, 6.45) is 1.07. The van der Waals surface area contributed by atoms with Crippen LogP contribution in [0.4, 0.5) is 0 Å². The number of carbonyl (C=O) groups excluding carboxylic acids is 1. The van der Waals surface area contributed by atoms with Crippen molar-refractivity contribution >= 4 is 11.9 Å². The van der Waals surface area contributed by atoms with Gasteiger partial charge >= 0.3 is 5.97 Å². The molecule has 120 valence electrons. The Balaban J connectivity index is 1.84. The predicted octanol–water partition coefficient (Wildman–Crippen LogP) is 1.43. The van der Waals surface area contributed by atoms with Crippen LogP contribution in [-0.4, -0.2) is 51.7 Å². The van der Waals surface area contributed by atoms with Gasteiger partial charge in [0, 0.05) is 12.1 Å². The second-order valence-electron chi connectivity index (χ2n) is 5.15. The van der Waals surface area contributed by atoms with E-state index in [4.69, 9.17) is 14.4 Å². The van der Waals surface area contributed by atoms with Crippen LogP contribution in [0.15, 0.2) is 28.8 Å². The van der Waals surface area contributed by atoms with Crippen LogP contribution in [0.5, 0.6) is 5.75 Å². The fraction of sp³-hybridized carbons (Fsp3) is 0.333. The van der Waals surface area contributed by atoms with Crippen molar-refractivity contribution < 1.29 is 24.0 Å². The van der Waals surface area contributed by atoms with Crippen molar-refractivity contribution in [3.63, 3.8) is 0 Å². The maximum atomic E-state index is 12.4. The third-order valence-electron chi connectivity index (χ3n) is 3.73. The molecule has 0 bridgehead atoms. The molecular weight excluding hydrogens is 302 g/mol. The number of aromatic nitrogens is 2. The third-order valence-corrected chi connectivity index (χ3v) is 3.73. The SMILES string of the molecule is COc1cccc(-c2nc(C(=O)N3CCCC3C(=O)O)no2)c1. The standard InChI is InChI=1S/C15H15N3O5/c1-22-10-5-2-4-9(8-10)13-16-12(17-23-13)14(19)18-7-3-6-11(18)15(20)21/h2,4-5,8,11H,3,6-7H2,1H3,(H,20,21). The molecule has 8 heteroatoms. The topological polar surface area (TPSA) is 106 Å². The zero-order valence-electron chi connectivity index (χ0n) is 12.4.